The van der Waals surface area contributed by atoms with Gasteiger partial charge in [-0.1, -0.05) is 12.1 Å². The number of nitrogens with zero attached hydrogens (tertiary/aromatic N) is 2. The van der Waals surface area contributed by atoms with Crippen molar-refractivity contribution in [2.24, 2.45) is 0 Å². The minimum atomic E-state index is -4.41. The lowest BCUT2D eigenvalue weighted by Crippen LogP contribution is -2.26. The van der Waals surface area contributed by atoms with Crippen LogP contribution in [0, 0.1) is 0 Å². The summed E-state index contributed by atoms with van der Waals surface area (Å²) in [7, 11) is -2.40. The van der Waals surface area contributed by atoms with Crippen LogP contribution in [0.4, 0.5) is 13.2 Å². The summed E-state index contributed by atoms with van der Waals surface area (Å²) in [6, 6.07) is 5.65. The maximum atomic E-state index is 12.4. The van der Waals surface area contributed by atoms with E-state index in [1.807, 2.05) is 0 Å². The van der Waals surface area contributed by atoms with Crippen LogP contribution in [-0.2, 0) is 22.7 Å². The summed E-state index contributed by atoms with van der Waals surface area (Å²) >= 11 is 0. The molecule has 1 aromatic carbocycles. The van der Waals surface area contributed by atoms with Gasteiger partial charge in [-0.25, -0.2) is 8.42 Å². The second-order valence-corrected chi connectivity index (χ2v) is 6.39. The third kappa shape index (κ3) is 3.42. The first-order valence-electron chi connectivity index (χ1n) is 5.83. The van der Waals surface area contributed by atoms with Gasteiger partial charge in [-0.3, -0.25) is 5.10 Å². The zero-order chi connectivity index (χ0) is 15.7. The first-order valence-corrected chi connectivity index (χ1v) is 7.27. The van der Waals surface area contributed by atoms with E-state index < -0.39 is 21.8 Å². The van der Waals surface area contributed by atoms with Crippen molar-refractivity contribution in [2.45, 2.75) is 17.7 Å². The molecule has 0 saturated heterocycles. The van der Waals surface area contributed by atoms with Crippen molar-refractivity contribution in [3.05, 3.63) is 47.7 Å². The highest BCUT2D eigenvalue weighted by molar-refractivity contribution is 7.89. The number of rotatable bonds is 4. The molecular weight excluding hydrogens is 307 g/mol. The van der Waals surface area contributed by atoms with Gasteiger partial charge in [-0.2, -0.15) is 22.6 Å². The molecule has 0 fully saturated rings. The van der Waals surface area contributed by atoms with Crippen LogP contribution in [0.5, 0.6) is 0 Å². The molecule has 21 heavy (non-hydrogen) atoms. The van der Waals surface area contributed by atoms with Crippen LogP contribution in [0.3, 0.4) is 0 Å². The Morgan fingerprint density at radius 1 is 1.19 bits per heavy atom. The number of hydrogen-bond donors (Lipinski definition) is 1. The maximum absolute atomic E-state index is 12.4. The molecule has 1 heterocycles. The summed E-state index contributed by atoms with van der Waals surface area (Å²) in [5.41, 5.74) is -0.320. The molecule has 0 radical (unpaired) electrons. The Balaban J connectivity index is 2.15. The van der Waals surface area contributed by atoms with Gasteiger partial charge in [-0.15, -0.1) is 0 Å². The van der Waals surface area contributed by atoms with Crippen molar-refractivity contribution in [1.82, 2.24) is 14.5 Å². The average molecular weight is 319 g/mol. The molecule has 0 aliphatic carbocycles. The first-order chi connectivity index (χ1) is 9.71. The Kier molecular flexibility index (Phi) is 4.06. The Hall–Kier alpha value is -1.87. The molecule has 0 atom stereocenters. The number of H-pyrrole nitrogens is 1. The molecule has 9 heteroatoms. The highest BCUT2D eigenvalue weighted by Gasteiger charge is 2.30. The van der Waals surface area contributed by atoms with Gasteiger partial charge < -0.3 is 0 Å². The van der Waals surface area contributed by atoms with Crippen LogP contribution < -0.4 is 0 Å². The zero-order valence-electron chi connectivity index (χ0n) is 10.9. The number of alkyl halides is 3. The van der Waals surface area contributed by atoms with Gasteiger partial charge in [-0.05, 0) is 23.8 Å². The van der Waals surface area contributed by atoms with Gasteiger partial charge in [0.2, 0.25) is 0 Å². The molecule has 0 unspecified atom stereocenters. The van der Waals surface area contributed by atoms with Gasteiger partial charge in [0.25, 0.3) is 10.0 Å². The predicted octanol–water partition coefficient (Wildman–Crippen LogP) is 2.25. The van der Waals surface area contributed by atoms with Crippen LogP contribution in [0.25, 0.3) is 0 Å². The van der Waals surface area contributed by atoms with E-state index in [2.05, 4.69) is 10.2 Å². The van der Waals surface area contributed by atoms with Crippen molar-refractivity contribution in [1.29, 1.82) is 0 Å². The first kappa shape index (κ1) is 15.5. The maximum Gasteiger partial charge on any atom is 0.416 e. The standard InChI is InChI=1S/C12H12F3N3O2S/c1-18(21(19,20)11-6-7-16-17-11)8-9-2-4-10(5-3-9)12(13,14)15/h2-7H,8H2,1H3,(H,16,17). The van der Waals surface area contributed by atoms with E-state index in [1.54, 1.807) is 0 Å². The summed E-state index contributed by atoms with van der Waals surface area (Å²) in [4.78, 5) is 0. The molecule has 114 valence electrons. The Labute approximate surface area is 119 Å². The van der Waals surface area contributed by atoms with Crippen molar-refractivity contribution >= 4 is 10.0 Å². The SMILES string of the molecule is CN(Cc1ccc(C(F)(F)F)cc1)S(=O)(=O)c1ccn[nH]1. The average Bonchev–Trinajstić information content (AvgIpc) is 2.92. The monoisotopic (exact) mass is 319 g/mol. The van der Waals surface area contributed by atoms with Crippen molar-refractivity contribution in [3.8, 4) is 0 Å². The molecule has 0 bridgehead atoms. The molecule has 0 saturated carbocycles. The van der Waals surface area contributed by atoms with Crippen LogP contribution in [-0.4, -0.2) is 30.0 Å². The Morgan fingerprint density at radius 3 is 2.29 bits per heavy atom. The molecule has 0 spiro atoms. The fourth-order valence-corrected chi connectivity index (χ4v) is 2.75. The molecule has 2 rings (SSSR count). The third-order valence-electron chi connectivity index (χ3n) is 2.85. The third-order valence-corrected chi connectivity index (χ3v) is 4.58. The minimum absolute atomic E-state index is 0.0422. The number of hydrogen-bond acceptors (Lipinski definition) is 3. The number of sulfonamides is 1. The normalized spacial score (nSPS) is 12.8. The fraction of sp³-hybridized carbons (Fsp3) is 0.250. The molecule has 1 N–H and O–H groups in total. The smallest absolute Gasteiger partial charge is 0.266 e. The Bertz CT molecular complexity index is 694. The van der Waals surface area contributed by atoms with Crippen molar-refractivity contribution in [3.63, 3.8) is 0 Å². The van der Waals surface area contributed by atoms with Crippen molar-refractivity contribution in [2.75, 3.05) is 7.05 Å². The predicted molar refractivity (Wildman–Crippen MR) is 68.7 cm³/mol. The highest BCUT2D eigenvalue weighted by atomic mass is 32.2. The highest BCUT2D eigenvalue weighted by Crippen LogP contribution is 2.29. The summed E-state index contributed by atoms with van der Waals surface area (Å²) in [5.74, 6) is 0. The molecule has 0 aliphatic heterocycles. The summed E-state index contributed by atoms with van der Waals surface area (Å²) < 4.78 is 62.5. The van der Waals surface area contributed by atoms with Crippen LogP contribution in [0.2, 0.25) is 0 Å². The lowest BCUT2D eigenvalue weighted by Gasteiger charge is -2.16. The van der Waals surface area contributed by atoms with Gasteiger partial charge in [0.05, 0.1) is 11.8 Å². The summed E-state index contributed by atoms with van der Waals surface area (Å²) in [6.45, 7) is -0.0422. The van der Waals surface area contributed by atoms with E-state index in [9.17, 15) is 21.6 Å². The molecular formula is C12H12F3N3O2S. The summed E-state index contributed by atoms with van der Waals surface area (Å²) in [6.07, 6.45) is -3.11. The Morgan fingerprint density at radius 2 is 1.81 bits per heavy atom. The quantitative estimate of drug-likeness (QED) is 0.940. The molecule has 0 aliphatic rings. The zero-order valence-corrected chi connectivity index (χ0v) is 11.7. The molecule has 5 nitrogen and oxygen atoms in total. The number of aromatic nitrogens is 2. The molecule has 2 aromatic rings. The number of benzene rings is 1. The van der Waals surface area contributed by atoms with Gasteiger partial charge in [0.15, 0.2) is 5.03 Å². The topological polar surface area (TPSA) is 66.1 Å². The minimum Gasteiger partial charge on any atom is -0.266 e. The fourth-order valence-electron chi connectivity index (χ4n) is 1.70. The van der Waals surface area contributed by atoms with Crippen LogP contribution in [0.15, 0.2) is 41.6 Å². The number of halogens is 3. The second kappa shape index (κ2) is 5.49. The van der Waals surface area contributed by atoms with E-state index in [-0.39, 0.29) is 11.6 Å². The van der Waals surface area contributed by atoms with Crippen LogP contribution >= 0.6 is 0 Å². The largest absolute Gasteiger partial charge is 0.416 e. The lowest BCUT2D eigenvalue weighted by molar-refractivity contribution is -0.137. The molecule has 1 aromatic heterocycles. The van der Waals surface area contributed by atoms with Crippen LogP contribution in [0.1, 0.15) is 11.1 Å². The summed E-state index contributed by atoms with van der Waals surface area (Å²) in [5, 5.41) is 5.83. The second-order valence-electron chi connectivity index (χ2n) is 4.38. The van der Waals surface area contributed by atoms with E-state index in [0.717, 1.165) is 16.4 Å². The van der Waals surface area contributed by atoms with Crippen molar-refractivity contribution < 1.29 is 21.6 Å². The van der Waals surface area contributed by atoms with Gasteiger partial charge in [0.1, 0.15) is 0 Å². The van der Waals surface area contributed by atoms with E-state index >= 15 is 0 Å². The van der Waals surface area contributed by atoms with E-state index in [1.165, 1.54) is 31.4 Å². The van der Waals surface area contributed by atoms with E-state index in [0.29, 0.717) is 5.56 Å². The number of aromatic amines is 1. The lowest BCUT2D eigenvalue weighted by atomic mass is 10.1. The van der Waals surface area contributed by atoms with Gasteiger partial charge in [0, 0.05) is 13.6 Å². The number of nitrogens with one attached hydrogen (secondary N) is 1. The van der Waals surface area contributed by atoms with E-state index in [4.69, 9.17) is 0 Å². The molecule has 0 amide bonds. The van der Waals surface area contributed by atoms with Gasteiger partial charge >= 0.3 is 6.18 Å².